The third-order valence-electron chi connectivity index (χ3n) is 3.24. The first-order chi connectivity index (χ1) is 8.00. The van der Waals surface area contributed by atoms with Crippen molar-refractivity contribution in [1.82, 2.24) is 4.90 Å². The minimum atomic E-state index is 0.0800. The maximum absolute atomic E-state index is 11.9. The summed E-state index contributed by atoms with van der Waals surface area (Å²) in [7, 11) is 1.83. The molecule has 0 radical (unpaired) electrons. The van der Waals surface area contributed by atoms with Crippen LogP contribution >= 0.6 is 11.6 Å². The maximum Gasteiger partial charge on any atom is 0.229 e. The summed E-state index contributed by atoms with van der Waals surface area (Å²) >= 11 is 5.94. The van der Waals surface area contributed by atoms with Crippen LogP contribution in [0.2, 0.25) is 5.02 Å². The molecule has 1 aromatic rings. The van der Waals surface area contributed by atoms with Crippen molar-refractivity contribution in [2.24, 2.45) is 5.92 Å². The lowest BCUT2D eigenvalue weighted by Crippen LogP contribution is -2.33. The monoisotopic (exact) mass is 249 g/mol. The standard InChI is InChI=1S/C14H16ClNO/c1-9-4-7-13(16(3)14(9)17)12-6-5-11(15)8-10(12)2/h5-9H,4H2,1-3H3. The highest BCUT2D eigenvalue weighted by atomic mass is 35.5. The number of rotatable bonds is 1. The van der Waals surface area contributed by atoms with E-state index in [1.54, 1.807) is 4.90 Å². The van der Waals surface area contributed by atoms with Crippen LogP contribution in [0.1, 0.15) is 24.5 Å². The Bertz CT molecular complexity index is 493. The molecule has 1 amide bonds. The second-order valence-electron chi connectivity index (χ2n) is 4.58. The zero-order chi connectivity index (χ0) is 12.6. The number of halogens is 1. The average Bonchev–Trinajstić information content (AvgIpc) is 2.28. The van der Waals surface area contributed by atoms with E-state index < -0.39 is 0 Å². The molecule has 0 bridgehead atoms. The van der Waals surface area contributed by atoms with Gasteiger partial charge < -0.3 is 4.90 Å². The second-order valence-corrected chi connectivity index (χ2v) is 5.02. The number of amides is 1. The van der Waals surface area contributed by atoms with Gasteiger partial charge in [0.05, 0.1) is 0 Å². The summed E-state index contributed by atoms with van der Waals surface area (Å²) in [5.74, 6) is 0.258. The van der Waals surface area contributed by atoms with Crippen molar-refractivity contribution in [3.05, 3.63) is 40.4 Å². The molecule has 1 aliphatic heterocycles. The molecule has 0 spiro atoms. The first-order valence-electron chi connectivity index (χ1n) is 5.75. The first-order valence-corrected chi connectivity index (χ1v) is 6.12. The molecule has 0 aromatic heterocycles. The average molecular weight is 250 g/mol. The minimum absolute atomic E-state index is 0.0800. The van der Waals surface area contributed by atoms with Crippen molar-refractivity contribution in [1.29, 1.82) is 0 Å². The van der Waals surface area contributed by atoms with Gasteiger partial charge in [0.2, 0.25) is 5.91 Å². The summed E-state index contributed by atoms with van der Waals surface area (Å²) in [6, 6.07) is 5.76. The maximum atomic E-state index is 11.9. The Hall–Kier alpha value is -1.28. The topological polar surface area (TPSA) is 20.3 Å². The molecule has 0 fully saturated rings. The third-order valence-corrected chi connectivity index (χ3v) is 3.48. The Morgan fingerprint density at radius 2 is 2.12 bits per heavy atom. The highest BCUT2D eigenvalue weighted by Crippen LogP contribution is 2.30. The van der Waals surface area contributed by atoms with E-state index in [0.29, 0.717) is 0 Å². The van der Waals surface area contributed by atoms with E-state index in [-0.39, 0.29) is 11.8 Å². The van der Waals surface area contributed by atoms with Crippen LogP contribution in [0.25, 0.3) is 5.70 Å². The van der Waals surface area contributed by atoms with Crippen LogP contribution in [-0.4, -0.2) is 17.9 Å². The largest absolute Gasteiger partial charge is 0.315 e. The number of benzene rings is 1. The molecular formula is C14H16ClNO. The Labute approximate surface area is 107 Å². The lowest BCUT2D eigenvalue weighted by atomic mass is 9.96. The van der Waals surface area contributed by atoms with Crippen molar-refractivity contribution in [3.8, 4) is 0 Å². The van der Waals surface area contributed by atoms with Crippen molar-refractivity contribution >= 4 is 23.2 Å². The predicted molar refractivity (Wildman–Crippen MR) is 70.7 cm³/mol. The van der Waals surface area contributed by atoms with Crippen LogP contribution in [0.3, 0.4) is 0 Å². The lowest BCUT2D eigenvalue weighted by Gasteiger charge is -2.29. The van der Waals surface area contributed by atoms with Gasteiger partial charge in [-0.3, -0.25) is 4.79 Å². The molecule has 1 atom stereocenters. The van der Waals surface area contributed by atoms with Gasteiger partial charge in [0, 0.05) is 29.2 Å². The molecule has 0 aliphatic carbocycles. The van der Waals surface area contributed by atoms with Crippen LogP contribution in [0.5, 0.6) is 0 Å². The SMILES string of the molecule is Cc1cc(Cl)ccc1C1=CCC(C)C(=O)N1C. The van der Waals surface area contributed by atoms with Crippen molar-refractivity contribution in [3.63, 3.8) is 0 Å². The van der Waals surface area contributed by atoms with Gasteiger partial charge >= 0.3 is 0 Å². The summed E-state index contributed by atoms with van der Waals surface area (Å²) in [6.07, 6.45) is 2.93. The van der Waals surface area contributed by atoms with E-state index in [9.17, 15) is 4.79 Å². The molecule has 1 aliphatic rings. The molecule has 3 heteroatoms. The van der Waals surface area contributed by atoms with Gasteiger partial charge in [-0.05, 0) is 31.0 Å². The zero-order valence-electron chi connectivity index (χ0n) is 10.3. The number of carbonyl (C=O) groups is 1. The van der Waals surface area contributed by atoms with E-state index in [0.717, 1.165) is 28.3 Å². The molecule has 2 rings (SSSR count). The second kappa shape index (κ2) is 4.53. The normalized spacial score (nSPS) is 20.5. The molecule has 17 heavy (non-hydrogen) atoms. The predicted octanol–water partition coefficient (Wildman–Crippen LogP) is 3.49. The number of carbonyl (C=O) groups excluding carboxylic acids is 1. The summed E-state index contributed by atoms with van der Waals surface area (Å²) in [5.41, 5.74) is 3.16. The molecule has 0 saturated carbocycles. The van der Waals surface area contributed by atoms with Gasteiger partial charge in [-0.15, -0.1) is 0 Å². The van der Waals surface area contributed by atoms with Gasteiger partial charge in [0.1, 0.15) is 0 Å². The van der Waals surface area contributed by atoms with Crippen LogP contribution in [0.4, 0.5) is 0 Å². The van der Waals surface area contributed by atoms with Crippen molar-refractivity contribution in [2.45, 2.75) is 20.3 Å². The van der Waals surface area contributed by atoms with Crippen LogP contribution < -0.4 is 0 Å². The fourth-order valence-corrected chi connectivity index (χ4v) is 2.41. The van der Waals surface area contributed by atoms with Gasteiger partial charge in [-0.25, -0.2) is 0 Å². The van der Waals surface area contributed by atoms with Gasteiger partial charge in [0.15, 0.2) is 0 Å². The first kappa shape index (κ1) is 12.2. The minimum Gasteiger partial charge on any atom is -0.315 e. The van der Waals surface area contributed by atoms with E-state index in [1.807, 2.05) is 39.1 Å². The molecule has 0 saturated heterocycles. The van der Waals surface area contributed by atoms with Crippen LogP contribution in [0.15, 0.2) is 24.3 Å². The summed E-state index contributed by atoms with van der Waals surface area (Å²) in [5, 5.41) is 0.727. The number of hydrogen-bond acceptors (Lipinski definition) is 1. The van der Waals surface area contributed by atoms with Crippen LogP contribution in [-0.2, 0) is 4.79 Å². The number of allylic oxidation sites excluding steroid dienone is 1. The number of nitrogens with zero attached hydrogens (tertiary/aromatic N) is 1. The Balaban J connectivity index is 2.43. The highest BCUT2D eigenvalue weighted by molar-refractivity contribution is 6.30. The van der Waals surface area contributed by atoms with Crippen molar-refractivity contribution < 1.29 is 4.79 Å². The summed E-state index contributed by atoms with van der Waals surface area (Å²) in [6.45, 7) is 3.97. The van der Waals surface area contributed by atoms with E-state index >= 15 is 0 Å². The molecular weight excluding hydrogens is 234 g/mol. The molecule has 2 nitrogen and oxygen atoms in total. The molecule has 1 heterocycles. The Morgan fingerprint density at radius 1 is 1.41 bits per heavy atom. The third kappa shape index (κ3) is 2.22. The number of hydrogen-bond donors (Lipinski definition) is 0. The van der Waals surface area contributed by atoms with E-state index in [4.69, 9.17) is 11.6 Å². The highest BCUT2D eigenvalue weighted by Gasteiger charge is 2.25. The Morgan fingerprint density at radius 3 is 2.76 bits per heavy atom. The van der Waals surface area contributed by atoms with Crippen LogP contribution in [0, 0.1) is 12.8 Å². The van der Waals surface area contributed by atoms with E-state index in [2.05, 4.69) is 6.08 Å². The summed E-state index contributed by atoms with van der Waals surface area (Å²) < 4.78 is 0. The molecule has 1 aromatic carbocycles. The molecule has 0 N–H and O–H groups in total. The lowest BCUT2D eigenvalue weighted by molar-refractivity contribution is -0.131. The van der Waals surface area contributed by atoms with Crippen molar-refractivity contribution in [2.75, 3.05) is 7.05 Å². The Kier molecular flexibility index (Phi) is 3.25. The molecule has 90 valence electrons. The fourth-order valence-electron chi connectivity index (χ4n) is 2.18. The zero-order valence-corrected chi connectivity index (χ0v) is 11.1. The quantitative estimate of drug-likeness (QED) is 0.746. The van der Waals surface area contributed by atoms with Gasteiger partial charge in [-0.1, -0.05) is 30.7 Å². The fraction of sp³-hybridized carbons (Fsp3) is 0.357. The van der Waals surface area contributed by atoms with Gasteiger partial charge in [-0.2, -0.15) is 0 Å². The smallest absolute Gasteiger partial charge is 0.229 e. The van der Waals surface area contributed by atoms with Gasteiger partial charge in [0.25, 0.3) is 0 Å². The van der Waals surface area contributed by atoms with E-state index in [1.165, 1.54) is 0 Å². The number of aryl methyl sites for hydroxylation is 1. The summed E-state index contributed by atoms with van der Waals surface area (Å²) in [4.78, 5) is 13.7. The molecule has 1 unspecified atom stereocenters.